The molecule has 0 amide bonds. The van der Waals surface area contributed by atoms with E-state index >= 15 is 0 Å². The number of ether oxygens (including phenoxy) is 1. The summed E-state index contributed by atoms with van der Waals surface area (Å²) in [6.07, 6.45) is 8.41. The van der Waals surface area contributed by atoms with E-state index in [1.54, 1.807) is 0 Å². The zero-order chi connectivity index (χ0) is 16.7. The van der Waals surface area contributed by atoms with Gasteiger partial charge in [0.2, 0.25) is 0 Å². The lowest BCUT2D eigenvalue weighted by atomic mass is 9.38. The summed E-state index contributed by atoms with van der Waals surface area (Å²) in [7, 11) is 0. The van der Waals surface area contributed by atoms with E-state index in [-0.39, 0.29) is 17.0 Å². The van der Waals surface area contributed by atoms with Crippen LogP contribution in [0.3, 0.4) is 0 Å². The van der Waals surface area contributed by atoms with Gasteiger partial charge in [-0.3, -0.25) is 4.79 Å². The normalized spacial score (nSPS) is 54.7. The number of cyclic esters (lactones) is 1. The zero-order valence-corrected chi connectivity index (χ0v) is 15.2. The van der Waals surface area contributed by atoms with Crippen LogP contribution in [0, 0.1) is 28.6 Å². The molecule has 6 atom stereocenters. The highest BCUT2D eigenvalue weighted by Gasteiger charge is 2.66. The second kappa shape index (κ2) is 4.53. The maximum Gasteiger partial charge on any atom is 0.306 e. The van der Waals surface area contributed by atoms with Crippen LogP contribution in [0.15, 0.2) is 0 Å². The van der Waals surface area contributed by atoms with E-state index in [1.807, 2.05) is 0 Å². The molecule has 2 bridgehead atoms. The molecular weight excluding hydrogens is 288 g/mol. The van der Waals surface area contributed by atoms with E-state index in [4.69, 9.17) is 4.74 Å². The third-order valence-electron chi connectivity index (χ3n) is 8.45. The molecular formula is C20H32O3. The molecule has 5 rings (SSSR count). The molecule has 23 heavy (non-hydrogen) atoms. The molecule has 3 heteroatoms. The minimum absolute atomic E-state index is 0.0207. The lowest BCUT2D eigenvalue weighted by molar-refractivity contribution is -0.226. The van der Waals surface area contributed by atoms with Crippen LogP contribution < -0.4 is 0 Å². The molecule has 1 heterocycles. The molecule has 4 saturated carbocycles. The molecule has 5 aliphatic rings. The fourth-order valence-electron chi connectivity index (χ4n) is 7.56. The van der Waals surface area contributed by atoms with Crippen LogP contribution in [-0.4, -0.2) is 22.3 Å². The Morgan fingerprint density at radius 3 is 2.43 bits per heavy atom. The summed E-state index contributed by atoms with van der Waals surface area (Å²) in [5.41, 5.74) is -0.371. The van der Waals surface area contributed by atoms with Gasteiger partial charge in [-0.25, -0.2) is 0 Å². The number of carbonyl (C=O) groups is 1. The van der Waals surface area contributed by atoms with Crippen molar-refractivity contribution in [1.82, 2.24) is 0 Å². The van der Waals surface area contributed by atoms with Gasteiger partial charge in [-0.1, -0.05) is 6.92 Å². The molecule has 0 radical (unpaired) electrons. The second-order valence-corrected chi connectivity index (χ2v) is 10.1. The standard InChI is InChI=1S/C20H32O3/c1-17(2)14-6-10-20-9-5-13(19(4,22)12-20)11-15(20)18(14,3)8-7-16(21)23-17/h13-15,22H,5-12H2,1-4H3/t13-,14+,15?,18+,19-,20+/m0/s1. The van der Waals surface area contributed by atoms with Crippen LogP contribution in [-0.2, 0) is 9.53 Å². The predicted octanol–water partition coefficient (Wildman–Crippen LogP) is 4.08. The van der Waals surface area contributed by atoms with E-state index in [9.17, 15) is 9.90 Å². The number of hydrogen-bond acceptors (Lipinski definition) is 3. The Kier molecular flexibility index (Phi) is 3.14. The first kappa shape index (κ1) is 15.9. The minimum atomic E-state index is -0.482. The van der Waals surface area contributed by atoms with Crippen molar-refractivity contribution in [2.45, 2.75) is 90.3 Å². The Labute approximate surface area is 140 Å². The summed E-state index contributed by atoms with van der Waals surface area (Å²) in [6.45, 7) is 8.73. The Hall–Kier alpha value is -0.570. The lowest BCUT2D eigenvalue weighted by Gasteiger charge is -2.67. The average Bonchev–Trinajstić information content (AvgIpc) is 2.51. The number of rotatable bonds is 0. The fourth-order valence-corrected chi connectivity index (χ4v) is 7.56. The number of aliphatic hydroxyl groups is 1. The molecule has 1 aliphatic heterocycles. The molecule has 1 N–H and O–H groups in total. The van der Waals surface area contributed by atoms with Crippen molar-refractivity contribution >= 4 is 5.97 Å². The fraction of sp³-hybridized carbons (Fsp3) is 0.950. The number of fused-ring (bicyclic) bond motifs is 3. The molecule has 1 unspecified atom stereocenters. The van der Waals surface area contributed by atoms with Crippen LogP contribution in [0.25, 0.3) is 0 Å². The van der Waals surface area contributed by atoms with E-state index in [0.29, 0.717) is 29.6 Å². The summed E-state index contributed by atoms with van der Waals surface area (Å²) >= 11 is 0. The van der Waals surface area contributed by atoms with Crippen molar-refractivity contribution in [3.05, 3.63) is 0 Å². The van der Waals surface area contributed by atoms with Crippen molar-refractivity contribution in [2.24, 2.45) is 28.6 Å². The van der Waals surface area contributed by atoms with Gasteiger partial charge in [0.1, 0.15) is 5.60 Å². The summed E-state index contributed by atoms with van der Waals surface area (Å²) in [6, 6.07) is 0. The van der Waals surface area contributed by atoms with Crippen molar-refractivity contribution < 1.29 is 14.6 Å². The first-order valence-corrected chi connectivity index (χ1v) is 9.53. The van der Waals surface area contributed by atoms with Crippen molar-refractivity contribution in [2.75, 3.05) is 0 Å². The van der Waals surface area contributed by atoms with Crippen LogP contribution >= 0.6 is 0 Å². The lowest BCUT2D eigenvalue weighted by Crippen LogP contribution is -2.63. The van der Waals surface area contributed by atoms with Gasteiger partial charge in [-0.2, -0.15) is 0 Å². The third kappa shape index (κ3) is 2.08. The van der Waals surface area contributed by atoms with E-state index in [0.717, 1.165) is 25.7 Å². The van der Waals surface area contributed by atoms with Gasteiger partial charge in [0, 0.05) is 12.3 Å². The monoisotopic (exact) mass is 320 g/mol. The topological polar surface area (TPSA) is 46.5 Å². The molecule has 0 aromatic heterocycles. The number of esters is 1. The van der Waals surface area contributed by atoms with E-state index in [2.05, 4.69) is 27.7 Å². The molecule has 4 aliphatic carbocycles. The summed E-state index contributed by atoms with van der Waals surface area (Å²) in [5, 5.41) is 10.9. The predicted molar refractivity (Wildman–Crippen MR) is 88.7 cm³/mol. The summed E-state index contributed by atoms with van der Waals surface area (Å²) in [4.78, 5) is 12.1. The molecule has 5 fully saturated rings. The second-order valence-electron chi connectivity index (χ2n) is 10.1. The van der Waals surface area contributed by atoms with Gasteiger partial charge >= 0.3 is 5.97 Å². The third-order valence-corrected chi connectivity index (χ3v) is 8.45. The highest BCUT2D eigenvalue weighted by atomic mass is 16.6. The van der Waals surface area contributed by atoms with Gasteiger partial charge in [0.15, 0.2) is 0 Å². The van der Waals surface area contributed by atoms with Crippen molar-refractivity contribution in [3.8, 4) is 0 Å². The van der Waals surface area contributed by atoms with E-state index < -0.39 is 5.60 Å². The highest BCUT2D eigenvalue weighted by Crippen LogP contribution is 2.70. The molecule has 0 aromatic carbocycles. The van der Waals surface area contributed by atoms with Gasteiger partial charge in [-0.05, 0) is 88.4 Å². The maximum atomic E-state index is 12.1. The van der Waals surface area contributed by atoms with Crippen LogP contribution in [0.5, 0.6) is 0 Å². The first-order valence-electron chi connectivity index (χ1n) is 9.53. The number of carbonyl (C=O) groups excluding carboxylic acids is 1. The molecule has 130 valence electrons. The van der Waals surface area contributed by atoms with E-state index in [1.165, 1.54) is 19.3 Å². The first-order chi connectivity index (χ1) is 10.6. The van der Waals surface area contributed by atoms with Gasteiger partial charge in [0.05, 0.1) is 5.60 Å². The van der Waals surface area contributed by atoms with Crippen LogP contribution in [0.1, 0.15) is 79.1 Å². The Morgan fingerprint density at radius 2 is 1.74 bits per heavy atom. The largest absolute Gasteiger partial charge is 0.459 e. The number of hydrogen-bond donors (Lipinski definition) is 1. The van der Waals surface area contributed by atoms with Gasteiger partial charge in [0.25, 0.3) is 0 Å². The van der Waals surface area contributed by atoms with Crippen LogP contribution in [0.2, 0.25) is 0 Å². The highest BCUT2D eigenvalue weighted by molar-refractivity contribution is 5.70. The van der Waals surface area contributed by atoms with Gasteiger partial charge < -0.3 is 9.84 Å². The molecule has 1 spiro atoms. The zero-order valence-electron chi connectivity index (χ0n) is 15.2. The Balaban J connectivity index is 1.76. The smallest absolute Gasteiger partial charge is 0.306 e. The Morgan fingerprint density at radius 1 is 1.04 bits per heavy atom. The maximum absolute atomic E-state index is 12.1. The van der Waals surface area contributed by atoms with Crippen molar-refractivity contribution in [3.63, 3.8) is 0 Å². The molecule has 0 aromatic rings. The summed E-state index contributed by atoms with van der Waals surface area (Å²) in [5.74, 6) is 1.50. The average molecular weight is 320 g/mol. The van der Waals surface area contributed by atoms with Crippen molar-refractivity contribution in [1.29, 1.82) is 0 Å². The molecule has 1 saturated heterocycles. The Bertz CT molecular complexity index is 537. The van der Waals surface area contributed by atoms with Gasteiger partial charge in [-0.15, -0.1) is 0 Å². The quantitative estimate of drug-likeness (QED) is 0.684. The SMILES string of the molecule is CC1(C)OC(=O)CC[C@@]2(C)C3C[C@@H]4CC[C@@]3(CC[C@H]12)C[C@]4(C)O. The summed E-state index contributed by atoms with van der Waals surface area (Å²) < 4.78 is 5.84. The minimum Gasteiger partial charge on any atom is -0.459 e. The molecule has 3 nitrogen and oxygen atoms in total. The van der Waals surface area contributed by atoms with Crippen LogP contribution in [0.4, 0.5) is 0 Å².